The molecule has 0 fully saturated rings. The van der Waals surface area contributed by atoms with E-state index in [4.69, 9.17) is 10.8 Å². The van der Waals surface area contributed by atoms with Gasteiger partial charge in [-0.05, 0) is 6.26 Å². The predicted molar refractivity (Wildman–Crippen MR) is 57.1 cm³/mol. The van der Waals surface area contributed by atoms with Gasteiger partial charge in [-0.1, -0.05) is 11.8 Å². The molecule has 14 heavy (non-hydrogen) atoms. The van der Waals surface area contributed by atoms with E-state index in [2.05, 4.69) is 9.97 Å². The molecule has 0 aliphatic heterocycles. The van der Waals surface area contributed by atoms with Gasteiger partial charge >= 0.3 is 5.97 Å². The first-order valence-corrected chi connectivity index (χ1v) is 5.73. The molecule has 0 unspecified atom stereocenters. The van der Waals surface area contributed by atoms with Crippen molar-refractivity contribution in [3.63, 3.8) is 0 Å². The third-order valence-corrected chi connectivity index (χ3v) is 3.32. The molecular weight excluding hydrogens is 222 g/mol. The second kappa shape index (κ2) is 3.18. The summed E-state index contributed by atoms with van der Waals surface area (Å²) < 4.78 is 0. The summed E-state index contributed by atoms with van der Waals surface area (Å²) in [6.07, 6.45) is 1.86. The van der Waals surface area contributed by atoms with Gasteiger partial charge in [-0.25, -0.2) is 9.78 Å². The van der Waals surface area contributed by atoms with Crippen LogP contribution in [-0.4, -0.2) is 27.3 Å². The second-order valence-electron chi connectivity index (χ2n) is 2.57. The van der Waals surface area contributed by atoms with Crippen molar-refractivity contribution in [1.29, 1.82) is 0 Å². The number of nitrogens with two attached hydrogens (primary N) is 1. The van der Waals surface area contributed by atoms with Gasteiger partial charge in [0.2, 0.25) is 0 Å². The van der Waals surface area contributed by atoms with Crippen LogP contribution in [0.1, 0.15) is 9.67 Å². The number of thiophene rings is 1. The highest BCUT2D eigenvalue weighted by molar-refractivity contribution is 7.98. The van der Waals surface area contributed by atoms with Crippen LogP contribution in [-0.2, 0) is 0 Å². The number of anilines is 1. The fraction of sp³-hybridized carbons (Fsp3) is 0.143. The number of hydrogen-bond acceptors (Lipinski definition) is 5. The molecule has 2 aromatic rings. The number of imidazole rings is 1. The van der Waals surface area contributed by atoms with Gasteiger partial charge < -0.3 is 15.8 Å². The molecule has 0 aliphatic carbocycles. The Morgan fingerprint density at radius 1 is 1.71 bits per heavy atom. The zero-order valence-corrected chi connectivity index (χ0v) is 8.83. The van der Waals surface area contributed by atoms with E-state index in [0.29, 0.717) is 21.2 Å². The molecule has 2 rings (SSSR count). The SMILES string of the molecule is CSc1nc2c(C(=O)O)sc(N)c2[nH]1. The van der Waals surface area contributed by atoms with Crippen molar-refractivity contribution >= 4 is 45.1 Å². The average Bonchev–Trinajstić information content (AvgIpc) is 2.66. The summed E-state index contributed by atoms with van der Waals surface area (Å²) in [5.74, 6) is -0.990. The number of nitrogen functional groups attached to an aromatic ring is 1. The Balaban J connectivity index is 2.73. The average molecular weight is 229 g/mol. The number of hydrogen-bond donors (Lipinski definition) is 3. The molecule has 5 nitrogen and oxygen atoms in total. The normalized spacial score (nSPS) is 10.9. The van der Waals surface area contributed by atoms with Gasteiger partial charge in [0.1, 0.15) is 20.9 Å². The van der Waals surface area contributed by atoms with Crippen molar-refractivity contribution in [2.24, 2.45) is 0 Å². The molecule has 0 amide bonds. The lowest BCUT2D eigenvalue weighted by atomic mass is 10.4. The van der Waals surface area contributed by atoms with Gasteiger partial charge in [0.15, 0.2) is 5.16 Å². The molecule has 0 bridgehead atoms. The zero-order chi connectivity index (χ0) is 10.3. The number of H-pyrrole nitrogens is 1. The summed E-state index contributed by atoms with van der Waals surface area (Å²) in [5, 5.41) is 10.0. The molecule has 0 aromatic carbocycles. The van der Waals surface area contributed by atoms with E-state index < -0.39 is 5.97 Å². The maximum absolute atomic E-state index is 10.8. The lowest BCUT2D eigenvalue weighted by molar-refractivity contribution is 0.0704. The monoisotopic (exact) mass is 229 g/mol. The Labute approximate surface area is 87.3 Å². The van der Waals surface area contributed by atoms with Crippen LogP contribution in [0.25, 0.3) is 11.0 Å². The van der Waals surface area contributed by atoms with E-state index >= 15 is 0 Å². The van der Waals surface area contributed by atoms with Crippen molar-refractivity contribution in [3.8, 4) is 0 Å². The Kier molecular flexibility index (Phi) is 2.12. The molecule has 2 aromatic heterocycles. The quantitative estimate of drug-likeness (QED) is 0.681. The van der Waals surface area contributed by atoms with Gasteiger partial charge in [-0.15, -0.1) is 11.3 Å². The number of rotatable bonds is 2. The number of aromatic carboxylic acids is 1. The van der Waals surface area contributed by atoms with Crippen molar-refractivity contribution in [2.75, 3.05) is 12.0 Å². The third-order valence-electron chi connectivity index (χ3n) is 1.74. The fourth-order valence-electron chi connectivity index (χ4n) is 1.15. The van der Waals surface area contributed by atoms with Crippen molar-refractivity contribution < 1.29 is 9.90 Å². The van der Waals surface area contributed by atoms with Crippen LogP contribution in [0.2, 0.25) is 0 Å². The highest BCUT2D eigenvalue weighted by Crippen LogP contribution is 2.33. The topological polar surface area (TPSA) is 92.0 Å². The van der Waals surface area contributed by atoms with Gasteiger partial charge in [0, 0.05) is 0 Å². The van der Waals surface area contributed by atoms with E-state index in [-0.39, 0.29) is 4.88 Å². The molecular formula is C7H7N3O2S2. The maximum Gasteiger partial charge on any atom is 0.348 e. The molecule has 7 heteroatoms. The van der Waals surface area contributed by atoms with E-state index in [9.17, 15) is 4.79 Å². The van der Waals surface area contributed by atoms with Crippen molar-refractivity contribution in [3.05, 3.63) is 4.88 Å². The minimum absolute atomic E-state index is 0.189. The summed E-state index contributed by atoms with van der Waals surface area (Å²) in [6.45, 7) is 0. The number of nitrogens with one attached hydrogen (secondary N) is 1. The number of fused-ring (bicyclic) bond motifs is 1. The van der Waals surface area contributed by atoms with E-state index in [1.807, 2.05) is 6.26 Å². The first-order valence-electron chi connectivity index (χ1n) is 3.68. The molecule has 0 spiro atoms. The summed E-state index contributed by atoms with van der Waals surface area (Å²) >= 11 is 2.45. The predicted octanol–water partition coefficient (Wildman–Crippen LogP) is 1.63. The highest BCUT2D eigenvalue weighted by atomic mass is 32.2. The van der Waals surface area contributed by atoms with Crippen LogP contribution in [0, 0.1) is 0 Å². The summed E-state index contributed by atoms with van der Waals surface area (Å²) in [4.78, 5) is 18.1. The fourth-order valence-corrected chi connectivity index (χ4v) is 2.33. The molecule has 74 valence electrons. The number of thioether (sulfide) groups is 1. The molecule has 0 radical (unpaired) electrons. The number of carboxylic acids is 1. The molecule has 0 saturated carbocycles. The van der Waals surface area contributed by atoms with Crippen LogP contribution in [0.15, 0.2) is 5.16 Å². The number of carboxylic acid groups (broad SMARTS) is 1. The molecule has 0 aliphatic rings. The molecule has 0 saturated heterocycles. The minimum atomic E-state index is -0.990. The highest BCUT2D eigenvalue weighted by Gasteiger charge is 2.18. The van der Waals surface area contributed by atoms with Gasteiger partial charge in [-0.2, -0.15) is 0 Å². The minimum Gasteiger partial charge on any atom is -0.477 e. The number of aromatic nitrogens is 2. The molecule has 0 atom stereocenters. The second-order valence-corrected chi connectivity index (χ2v) is 4.42. The van der Waals surface area contributed by atoms with Gasteiger partial charge in [0.05, 0.1) is 0 Å². The van der Waals surface area contributed by atoms with Crippen LogP contribution >= 0.6 is 23.1 Å². The Morgan fingerprint density at radius 2 is 2.43 bits per heavy atom. The van der Waals surface area contributed by atoms with Crippen molar-refractivity contribution in [1.82, 2.24) is 9.97 Å². The van der Waals surface area contributed by atoms with E-state index in [1.54, 1.807) is 0 Å². The standard InChI is InChI=1S/C7H7N3O2S2/c1-13-7-9-2-3(10-7)5(8)14-4(2)6(11)12/h8H2,1H3,(H,9,10)(H,11,12). The number of nitrogens with zero attached hydrogens (tertiary/aromatic N) is 1. The van der Waals surface area contributed by atoms with Gasteiger partial charge in [-0.3, -0.25) is 0 Å². The van der Waals surface area contributed by atoms with Crippen molar-refractivity contribution in [2.45, 2.75) is 5.16 Å². The van der Waals surface area contributed by atoms with Crippen LogP contribution < -0.4 is 5.73 Å². The van der Waals surface area contributed by atoms with Crippen LogP contribution in [0.3, 0.4) is 0 Å². The van der Waals surface area contributed by atoms with Crippen LogP contribution in [0.5, 0.6) is 0 Å². The molecule has 4 N–H and O–H groups in total. The Morgan fingerprint density at radius 3 is 3.00 bits per heavy atom. The number of aromatic amines is 1. The summed E-state index contributed by atoms with van der Waals surface area (Å²) in [6, 6.07) is 0. The smallest absolute Gasteiger partial charge is 0.348 e. The number of carbonyl (C=O) groups is 1. The van der Waals surface area contributed by atoms with E-state index in [0.717, 1.165) is 11.3 Å². The Hall–Kier alpha value is -1.21. The zero-order valence-electron chi connectivity index (χ0n) is 7.20. The first kappa shape index (κ1) is 9.35. The molecule has 2 heterocycles. The third kappa shape index (κ3) is 1.25. The van der Waals surface area contributed by atoms with E-state index in [1.165, 1.54) is 11.8 Å². The van der Waals surface area contributed by atoms with Gasteiger partial charge in [0.25, 0.3) is 0 Å². The lowest BCUT2D eigenvalue weighted by Gasteiger charge is -1.86. The lowest BCUT2D eigenvalue weighted by Crippen LogP contribution is -1.92. The maximum atomic E-state index is 10.8. The summed E-state index contributed by atoms with van der Waals surface area (Å²) in [5.41, 5.74) is 6.73. The summed E-state index contributed by atoms with van der Waals surface area (Å²) in [7, 11) is 0. The first-order chi connectivity index (χ1) is 6.63. The Bertz CT molecular complexity index is 502. The largest absolute Gasteiger partial charge is 0.477 e. The van der Waals surface area contributed by atoms with Crippen LogP contribution in [0.4, 0.5) is 5.00 Å².